The number of carboxylic acid groups (broad SMARTS) is 1. The Morgan fingerprint density at radius 2 is 1.93 bits per heavy atom. The van der Waals surface area contributed by atoms with Gasteiger partial charge in [-0.2, -0.15) is 4.31 Å². The number of ether oxygens (including phenoxy) is 1. The van der Waals surface area contributed by atoms with E-state index >= 15 is 0 Å². The minimum atomic E-state index is -3.68. The van der Waals surface area contributed by atoms with Gasteiger partial charge in [0.25, 0.3) is 0 Å². The van der Waals surface area contributed by atoms with Crippen molar-refractivity contribution in [2.45, 2.75) is 23.8 Å². The van der Waals surface area contributed by atoms with Crippen molar-refractivity contribution in [3.8, 4) is 5.75 Å². The topological polar surface area (TPSA) is 130 Å². The highest BCUT2D eigenvalue weighted by atomic mass is 79.9. The van der Waals surface area contributed by atoms with Gasteiger partial charge in [0, 0.05) is 32.6 Å². The van der Waals surface area contributed by atoms with Gasteiger partial charge in [-0.3, -0.25) is 9.59 Å². The number of halogens is 1. The number of rotatable bonds is 7. The average Bonchev–Trinajstić information content (AvgIpc) is 2.65. The van der Waals surface area contributed by atoms with Crippen LogP contribution in [-0.2, 0) is 19.6 Å². The van der Waals surface area contributed by atoms with E-state index in [-0.39, 0.29) is 49.8 Å². The Morgan fingerprint density at radius 1 is 1.30 bits per heavy atom. The third-order valence-corrected chi connectivity index (χ3v) is 6.85. The van der Waals surface area contributed by atoms with Crippen LogP contribution in [0.15, 0.2) is 27.6 Å². The fourth-order valence-corrected chi connectivity index (χ4v) is 4.84. The van der Waals surface area contributed by atoms with E-state index in [2.05, 4.69) is 15.9 Å². The predicted octanol–water partition coefficient (Wildman–Crippen LogP) is 0.483. The van der Waals surface area contributed by atoms with Crippen molar-refractivity contribution in [2.75, 3.05) is 33.3 Å². The molecule has 1 fully saturated rings. The maximum Gasteiger partial charge on any atom is 0.320 e. The van der Waals surface area contributed by atoms with Crippen molar-refractivity contribution in [3.05, 3.63) is 22.7 Å². The predicted molar refractivity (Wildman–Crippen MR) is 101 cm³/mol. The number of hydrogen-bond acceptors (Lipinski definition) is 6. The zero-order valence-electron chi connectivity index (χ0n) is 14.8. The third-order valence-electron chi connectivity index (χ3n) is 4.34. The molecule has 0 aromatic heterocycles. The van der Waals surface area contributed by atoms with Gasteiger partial charge in [-0.25, -0.2) is 8.42 Å². The summed E-state index contributed by atoms with van der Waals surface area (Å²) in [5.74, 6) is -0.843. The maximum atomic E-state index is 12.8. The fraction of sp³-hybridized carbons (Fsp3) is 0.500. The van der Waals surface area contributed by atoms with E-state index in [4.69, 9.17) is 15.6 Å². The number of benzene rings is 1. The van der Waals surface area contributed by atoms with Crippen LogP contribution in [0.25, 0.3) is 0 Å². The number of methoxy groups -OCH3 is 1. The molecule has 0 radical (unpaired) electrons. The summed E-state index contributed by atoms with van der Waals surface area (Å²) in [5, 5.41) is 8.76. The highest BCUT2D eigenvalue weighted by molar-refractivity contribution is 9.10. The van der Waals surface area contributed by atoms with Crippen LogP contribution in [0.5, 0.6) is 5.75 Å². The SMILES string of the molecule is COc1ccc(S(=O)(=O)N2CCN(C(=O)CC[C@H](N)C(=O)O)CC2)cc1Br. The number of piperazine rings is 1. The second-order valence-corrected chi connectivity index (χ2v) is 8.86. The molecular formula is C16H22BrN3O6S. The number of aliphatic carboxylic acids is 1. The van der Waals surface area contributed by atoms with E-state index in [1.165, 1.54) is 28.4 Å². The van der Waals surface area contributed by atoms with E-state index in [0.717, 1.165) is 0 Å². The lowest BCUT2D eigenvalue weighted by atomic mass is 10.1. The first-order chi connectivity index (χ1) is 12.7. The van der Waals surface area contributed by atoms with Crippen molar-refractivity contribution in [1.29, 1.82) is 0 Å². The molecule has 9 nitrogen and oxygen atoms in total. The second-order valence-electron chi connectivity index (χ2n) is 6.06. The molecule has 1 atom stereocenters. The van der Waals surface area contributed by atoms with E-state index in [1.807, 2.05) is 0 Å². The minimum Gasteiger partial charge on any atom is -0.496 e. The van der Waals surface area contributed by atoms with Gasteiger partial charge in [0.1, 0.15) is 11.8 Å². The Labute approximate surface area is 166 Å². The Balaban J connectivity index is 1.97. The smallest absolute Gasteiger partial charge is 0.320 e. The fourth-order valence-electron chi connectivity index (χ4n) is 2.70. The third kappa shape index (κ3) is 5.18. The number of sulfonamides is 1. The van der Waals surface area contributed by atoms with Crippen LogP contribution >= 0.6 is 15.9 Å². The highest BCUT2D eigenvalue weighted by Gasteiger charge is 2.30. The summed E-state index contributed by atoms with van der Waals surface area (Å²) in [7, 11) is -2.19. The largest absolute Gasteiger partial charge is 0.496 e. The van der Waals surface area contributed by atoms with E-state index in [1.54, 1.807) is 6.07 Å². The molecule has 1 aliphatic heterocycles. The first-order valence-corrected chi connectivity index (χ1v) is 10.5. The van der Waals surface area contributed by atoms with Gasteiger partial charge in [0.15, 0.2) is 0 Å². The quantitative estimate of drug-likeness (QED) is 0.601. The molecule has 0 bridgehead atoms. The molecule has 0 saturated carbocycles. The number of nitrogens with two attached hydrogens (primary N) is 1. The molecule has 1 amide bonds. The van der Waals surface area contributed by atoms with Gasteiger partial charge in [0.2, 0.25) is 15.9 Å². The summed E-state index contributed by atoms with van der Waals surface area (Å²) in [4.78, 5) is 24.5. The zero-order chi connectivity index (χ0) is 20.2. The van der Waals surface area contributed by atoms with E-state index < -0.39 is 22.0 Å². The number of carbonyl (C=O) groups is 2. The Kier molecular flexibility index (Phi) is 7.20. The molecule has 1 heterocycles. The Bertz CT molecular complexity index is 808. The lowest BCUT2D eigenvalue weighted by Gasteiger charge is -2.34. The summed E-state index contributed by atoms with van der Waals surface area (Å²) >= 11 is 3.28. The Morgan fingerprint density at radius 3 is 2.44 bits per heavy atom. The summed E-state index contributed by atoms with van der Waals surface area (Å²) in [5.41, 5.74) is 5.40. The van der Waals surface area contributed by atoms with Crippen LogP contribution in [0.1, 0.15) is 12.8 Å². The normalized spacial score (nSPS) is 16.8. The van der Waals surface area contributed by atoms with Crippen LogP contribution in [-0.4, -0.2) is 73.9 Å². The molecule has 0 spiro atoms. The highest BCUT2D eigenvalue weighted by Crippen LogP contribution is 2.29. The van der Waals surface area contributed by atoms with Crippen molar-refractivity contribution >= 4 is 37.8 Å². The van der Waals surface area contributed by atoms with Crippen LogP contribution in [0.4, 0.5) is 0 Å². The van der Waals surface area contributed by atoms with Gasteiger partial charge in [0.05, 0.1) is 16.5 Å². The van der Waals surface area contributed by atoms with Crippen molar-refractivity contribution in [1.82, 2.24) is 9.21 Å². The molecule has 150 valence electrons. The molecule has 27 heavy (non-hydrogen) atoms. The van der Waals surface area contributed by atoms with Gasteiger partial charge in [-0.05, 0) is 40.5 Å². The average molecular weight is 464 g/mol. The van der Waals surface area contributed by atoms with Gasteiger partial charge in [-0.1, -0.05) is 0 Å². The standard InChI is InChI=1S/C16H22BrN3O6S/c1-26-14-4-2-11(10-12(14)17)27(24,25)20-8-6-19(7-9-20)15(21)5-3-13(18)16(22)23/h2,4,10,13H,3,5-9,18H2,1H3,(H,22,23)/t13-/m0/s1. The molecule has 1 aromatic rings. The van der Waals surface area contributed by atoms with Gasteiger partial charge < -0.3 is 20.5 Å². The van der Waals surface area contributed by atoms with E-state index in [9.17, 15) is 18.0 Å². The van der Waals surface area contributed by atoms with Crippen molar-refractivity contribution in [2.24, 2.45) is 5.73 Å². The number of hydrogen-bond donors (Lipinski definition) is 2. The van der Waals surface area contributed by atoms with Crippen molar-refractivity contribution in [3.63, 3.8) is 0 Å². The van der Waals surface area contributed by atoms with Gasteiger partial charge >= 0.3 is 5.97 Å². The summed E-state index contributed by atoms with van der Waals surface area (Å²) < 4.78 is 32.5. The summed E-state index contributed by atoms with van der Waals surface area (Å²) in [6.07, 6.45) is 0.0677. The van der Waals surface area contributed by atoms with Crippen molar-refractivity contribution < 1.29 is 27.9 Å². The maximum absolute atomic E-state index is 12.8. The van der Waals surface area contributed by atoms with Gasteiger partial charge in [-0.15, -0.1) is 0 Å². The molecule has 2 rings (SSSR count). The molecule has 1 aliphatic rings. The molecular weight excluding hydrogens is 442 g/mol. The van der Waals surface area contributed by atoms with Crippen LogP contribution in [0, 0.1) is 0 Å². The van der Waals surface area contributed by atoms with Crippen LogP contribution in [0.2, 0.25) is 0 Å². The second kappa shape index (κ2) is 9.00. The number of nitrogens with zero attached hydrogens (tertiary/aromatic N) is 2. The molecule has 3 N–H and O–H groups in total. The molecule has 11 heteroatoms. The molecule has 1 aromatic carbocycles. The number of carboxylic acids is 1. The summed E-state index contributed by atoms with van der Waals surface area (Å²) in [6.45, 7) is 0.834. The first-order valence-electron chi connectivity index (χ1n) is 8.26. The first kappa shape index (κ1) is 21.6. The molecule has 1 saturated heterocycles. The monoisotopic (exact) mass is 463 g/mol. The van der Waals surface area contributed by atoms with Crippen LogP contribution in [0.3, 0.4) is 0 Å². The number of amides is 1. The lowest BCUT2D eigenvalue weighted by molar-refractivity contribution is -0.139. The lowest BCUT2D eigenvalue weighted by Crippen LogP contribution is -2.50. The minimum absolute atomic E-state index is 0.0195. The zero-order valence-corrected chi connectivity index (χ0v) is 17.2. The van der Waals surface area contributed by atoms with Crippen LogP contribution < -0.4 is 10.5 Å². The summed E-state index contributed by atoms with van der Waals surface area (Å²) in [6, 6.07) is 3.45. The van der Waals surface area contributed by atoms with E-state index in [0.29, 0.717) is 10.2 Å². The molecule has 0 aliphatic carbocycles. The molecule has 0 unspecified atom stereocenters. The Hall–Kier alpha value is -1.69. The number of carbonyl (C=O) groups excluding carboxylic acids is 1.